The Morgan fingerprint density at radius 2 is 2.29 bits per heavy atom. The summed E-state index contributed by atoms with van der Waals surface area (Å²) in [6, 6.07) is 3.00. The van der Waals surface area contributed by atoms with E-state index >= 15 is 0 Å². The monoisotopic (exact) mass is 212 g/mol. The van der Waals surface area contributed by atoms with E-state index in [1.807, 2.05) is 0 Å². The minimum Gasteiger partial charge on any atom is -0.363 e. The van der Waals surface area contributed by atoms with Gasteiger partial charge < -0.3 is 5.73 Å². The Bertz CT molecular complexity index is 571. The van der Waals surface area contributed by atoms with Crippen molar-refractivity contribution in [2.24, 2.45) is 5.73 Å². The van der Waals surface area contributed by atoms with Crippen LogP contribution in [-0.4, -0.2) is 20.5 Å². The molecule has 0 aromatic carbocycles. The van der Waals surface area contributed by atoms with Crippen LogP contribution in [0.4, 0.5) is 0 Å². The molecule has 72 valence electrons. The van der Waals surface area contributed by atoms with Crippen molar-refractivity contribution in [3.05, 3.63) is 33.5 Å². The number of hydrogen-bond acceptors (Lipinski definition) is 3. The smallest absolute Gasteiger partial charge is 0.286 e. The van der Waals surface area contributed by atoms with E-state index in [9.17, 15) is 9.59 Å². The molecule has 0 spiro atoms. The van der Waals surface area contributed by atoms with Gasteiger partial charge in [-0.15, -0.1) is 5.10 Å². The van der Waals surface area contributed by atoms with Crippen LogP contribution in [0.2, 0.25) is 5.15 Å². The standard InChI is InChI=1S/C7H5ClN4O2/c8-4-2-1-3-7(14)10-6(5(9)13)11-12(3)4/h1-2H,(H2,9,13)(H,10,11,14). The number of halogens is 1. The van der Waals surface area contributed by atoms with E-state index in [0.29, 0.717) is 0 Å². The first-order valence-electron chi connectivity index (χ1n) is 3.67. The van der Waals surface area contributed by atoms with E-state index in [1.165, 1.54) is 12.1 Å². The van der Waals surface area contributed by atoms with Gasteiger partial charge in [-0.1, -0.05) is 11.6 Å². The Morgan fingerprint density at radius 1 is 1.57 bits per heavy atom. The highest BCUT2D eigenvalue weighted by molar-refractivity contribution is 6.29. The fourth-order valence-electron chi connectivity index (χ4n) is 1.08. The van der Waals surface area contributed by atoms with Crippen molar-refractivity contribution in [2.75, 3.05) is 0 Å². The number of hydrogen-bond donors (Lipinski definition) is 2. The van der Waals surface area contributed by atoms with E-state index in [-0.39, 0.29) is 16.5 Å². The van der Waals surface area contributed by atoms with Gasteiger partial charge in [0.15, 0.2) is 0 Å². The second-order valence-corrected chi connectivity index (χ2v) is 3.01. The zero-order valence-corrected chi connectivity index (χ0v) is 7.58. The number of aromatic amines is 1. The second-order valence-electron chi connectivity index (χ2n) is 2.62. The lowest BCUT2D eigenvalue weighted by molar-refractivity contribution is 0.0988. The third kappa shape index (κ3) is 1.16. The molecule has 2 aromatic heterocycles. The van der Waals surface area contributed by atoms with Gasteiger partial charge in [0.2, 0.25) is 5.82 Å². The zero-order chi connectivity index (χ0) is 10.3. The van der Waals surface area contributed by atoms with Crippen LogP contribution in [0.15, 0.2) is 16.9 Å². The molecule has 6 nitrogen and oxygen atoms in total. The average Bonchev–Trinajstić information content (AvgIpc) is 2.48. The number of nitrogens with zero attached hydrogens (tertiary/aromatic N) is 2. The summed E-state index contributed by atoms with van der Waals surface area (Å²) in [6.45, 7) is 0. The number of nitrogens with one attached hydrogen (secondary N) is 1. The van der Waals surface area contributed by atoms with Crippen molar-refractivity contribution in [3.63, 3.8) is 0 Å². The summed E-state index contributed by atoms with van der Waals surface area (Å²) >= 11 is 5.72. The van der Waals surface area contributed by atoms with E-state index < -0.39 is 11.5 Å². The molecule has 2 aromatic rings. The number of primary amides is 1. The van der Waals surface area contributed by atoms with Crippen molar-refractivity contribution in [1.29, 1.82) is 0 Å². The lowest BCUT2D eigenvalue weighted by Gasteiger charge is -1.97. The maximum absolute atomic E-state index is 11.3. The number of nitrogens with two attached hydrogens (primary N) is 1. The summed E-state index contributed by atoms with van der Waals surface area (Å²) in [5.41, 5.74) is 4.77. The first-order valence-corrected chi connectivity index (χ1v) is 4.05. The predicted octanol–water partition coefficient (Wildman–Crippen LogP) is -0.225. The zero-order valence-electron chi connectivity index (χ0n) is 6.82. The Hall–Kier alpha value is -1.82. The largest absolute Gasteiger partial charge is 0.363 e. The van der Waals surface area contributed by atoms with Crippen LogP contribution in [0.3, 0.4) is 0 Å². The van der Waals surface area contributed by atoms with Crippen LogP contribution < -0.4 is 11.3 Å². The number of carbonyl (C=O) groups excluding carboxylic acids is 1. The van der Waals surface area contributed by atoms with Gasteiger partial charge in [0.25, 0.3) is 11.5 Å². The first-order chi connectivity index (χ1) is 6.59. The van der Waals surface area contributed by atoms with E-state index in [4.69, 9.17) is 17.3 Å². The number of H-pyrrole nitrogens is 1. The number of amides is 1. The Labute approximate surface area is 82.3 Å². The molecule has 0 radical (unpaired) electrons. The highest BCUT2D eigenvalue weighted by atomic mass is 35.5. The molecular weight excluding hydrogens is 208 g/mol. The minimum absolute atomic E-state index is 0.222. The molecule has 14 heavy (non-hydrogen) atoms. The van der Waals surface area contributed by atoms with Crippen LogP contribution in [0.1, 0.15) is 10.6 Å². The average molecular weight is 213 g/mol. The number of fused-ring (bicyclic) bond motifs is 1. The van der Waals surface area contributed by atoms with Gasteiger partial charge in [-0.25, -0.2) is 4.52 Å². The first kappa shape index (κ1) is 8.76. The van der Waals surface area contributed by atoms with Gasteiger partial charge in [-0.3, -0.25) is 14.6 Å². The second kappa shape index (κ2) is 2.85. The molecule has 0 aliphatic carbocycles. The molecular formula is C7H5ClN4O2. The maximum atomic E-state index is 11.3. The fourth-order valence-corrected chi connectivity index (χ4v) is 1.28. The predicted molar refractivity (Wildman–Crippen MR) is 49.3 cm³/mol. The quantitative estimate of drug-likeness (QED) is 0.684. The molecule has 0 unspecified atom stereocenters. The van der Waals surface area contributed by atoms with E-state index in [2.05, 4.69) is 10.1 Å². The highest BCUT2D eigenvalue weighted by Crippen LogP contribution is 2.09. The molecule has 0 aliphatic heterocycles. The summed E-state index contributed by atoms with van der Waals surface area (Å²) in [5.74, 6) is -1.03. The molecule has 0 saturated carbocycles. The molecule has 7 heteroatoms. The van der Waals surface area contributed by atoms with Crippen molar-refractivity contribution in [1.82, 2.24) is 14.6 Å². The van der Waals surface area contributed by atoms with Gasteiger partial charge in [0, 0.05) is 0 Å². The molecule has 3 N–H and O–H groups in total. The van der Waals surface area contributed by atoms with Gasteiger partial charge in [-0.05, 0) is 12.1 Å². The summed E-state index contributed by atoms with van der Waals surface area (Å²) in [5, 5.41) is 3.99. The summed E-state index contributed by atoms with van der Waals surface area (Å²) < 4.78 is 1.15. The Balaban J connectivity index is 2.89. The number of rotatable bonds is 1. The molecule has 0 aliphatic rings. The molecule has 0 fully saturated rings. The molecule has 0 atom stereocenters. The normalized spacial score (nSPS) is 10.6. The summed E-state index contributed by atoms with van der Waals surface area (Å²) in [7, 11) is 0. The third-order valence-electron chi connectivity index (χ3n) is 1.71. The number of aromatic nitrogens is 3. The van der Waals surface area contributed by atoms with Crippen LogP contribution in [0.25, 0.3) is 5.52 Å². The lowest BCUT2D eigenvalue weighted by Crippen LogP contribution is -2.23. The van der Waals surface area contributed by atoms with Crippen LogP contribution in [-0.2, 0) is 0 Å². The molecule has 2 heterocycles. The van der Waals surface area contributed by atoms with Crippen molar-refractivity contribution in [2.45, 2.75) is 0 Å². The number of carbonyl (C=O) groups is 1. The van der Waals surface area contributed by atoms with Crippen LogP contribution >= 0.6 is 11.6 Å². The van der Waals surface area contributed by atoms with Crippen molar-refractivity contribution < 1.29 is 4.79 Å². The maximum Gasteiger partial charge on any atom is 0.286 e. The summed E-state index contributed by atoms with van der Waals surface area (Å²) in [4.78, 5) is 24.3. The molecule has 0 saturated heterocycles. The fraction of sp³-hybridized carbons (Fsp3) is 0. The van der Waals surface area contributed by atoms with Gasteiger partial charge >= 0.3 is 0 Å². The van der Waals surface area contributed by atoms with Crippen LogP contribution in [0, 0.1) is 0 Å². The molecule has 1 amide bonds. The Kier molecular flexibility index (Phi) is 1.78. The van der Waals surface area contributed by atoms with Crippen molar-refractivity contribution >= 4 is 23.0 Å². The van der Waals surface area contributed by atoms with Gasteiger partial charge in [0.05, 0.1) is 0 Å². The van der Waals surface area contributed by atoms with Crippen molar-refractivity contribution in [3.8, 4) is 0 Å². The van der Waals surface area contributed by atoms with Gasteiger partial charge in [-0.2, -0.15) is 0 Å². The molecule has 2 rings (SSSR count). The highest BCUT2D eigenvalue weighted by Gasteiger charge is 2.09. The van der Waals surface area contributed by atoms with E-state index in [1.54, 1.807) is 0 Å². The van der Waals surface area contributed by atoms with E-state index in [0.717, 1.165) is 4.52 Å². The third-order valence-corrected chi connectivity index (χ3v) is 1.99. The lowest BCUT2D eigenvalue weighted by atomic mass is 10.5. The van der Waals surface area contributed by atoms with Gasteiger partial charge in [0.1, 0.15) is 10.7 Å². The topological polar surface area (TPSA) is 93.2 Å². The van der Waals surface area contributed by atoms with Crippen LogP contribution in [0.5, 0.6) is 0 Å². The Morgan fingerprint density at radius 3 is 2.93 bits per heavy atom. The minimum atomic E-state index is -0.811. The summed E-state index contributed by atoms with van der Waals surface area (Å²) in [6.07, 6.45) is 0. The molecule has 0 bridgehead atoms. The SMILES string of the molecule is NC(=O)c1nn2c(Cl)ccc2c(=O)[nH]1.